The summed E-state index contributed by atoms with van der Waals surface area (Å²) in [5.41, 5.74) is 0.864. The SMILES string of the molecule is O=C(O)C1CCC1Cc1cc(F)cc(Br)c1. The molecule has 0 radical (unpaired) electrons. The molecule has 1 fully saturated rings. The van der Waals surface area contributed by atoms with Crippen LogP contribution >= 0.6 is 15.9 Å². The number of benzene rings is 1. The number of halogens is 2. The van der Waals surface area contributed by atoms with Crippen molar-refractivity contribution in [1.82, 2.24) is 0 Å². The Morgan fingerprint density at radius 3 is 2.69 bits per heavy atom. The number of hydrogen-bond acceptors (Lipinski definition) is 1. The molecular weight excluding hydrogens is 275 g/mol. The Labute approximate surface area is 102 Å². The summed E-state index contributed by atoms with van der Waals surface area (Å²) in [5.74, 6) is -1.10. The third kappa shape index (κ3) is 2.43. The van der Waals surface area contributed by atoms with E-state index in [4.69, 9.17) is 5.11 Å². The minimum Gasteiger partial charge on any atom is -0.481 e. The summed E-state index contributed by atoms with van der Waals surface area (Å²) in [6.45, 7) is 0. The van der Waals surface area contributed by atoms with Crippen molar-refractivity contribution < 1.29 is 14.3 Å². The van der Waals surface area contributed by atoms with Crippen molar-refractivity contribution in [2.24, 2.45) is 11.8 Å². The third-order valence-electron chi connectivity index (χ3n) is 3.15. The van der Waals surface area contributed by atoms with Gasteiger partial charge < -0.3 is 5.11 Å². The fraction of sp³-hybridized carbons (Fsp3) is 0.417. The summed E-state index contributed by atoms with van der Waals surface area (Å²) in [4.78, 5) is 10.8. The Bertz CT molecular complexity index is 399. The van der Waals surface area contributed by atoms with E-state index in [1.807, 2.05) is 6.07 Å². The van der Waals surface area contributed by atoms with Crippen LogP contribution in [0.3, 0.4) is 0 Å². The summed E-state index contributed by atoms with van der Waals surface area (Å²) >= 11 is 3.23. The zero-order chi connectivity index (χ0) is 11.7. The van der Waals surface area contributed by atoms with Gasteiger partial charge in [-0.05, 0) is 48.9 Å². The maximum absolute atomic E-state index is 13.1. The van der Waals surface area contributed by atoms with E-state index in [1.54, 1.807) is 0 Å². The van der Waals surface area contributed by atoms with E-state index in [9.17, 15) is 9.18 Å². The fourth-order valence-corrected chi connectivity index (χ4v) is 2.68. The molecule has 0 heterocycles. The Kier molecular flexibility index (Phi) is 3.28. The molecule has 1 aliphatic rings. The second kappa shape index (κ2) is 4.53. The molecule has 2 unspecified atom stereocenters. The molecule has 86 valence electrons. The second-order valence-electron chi connectivity index (χ2n) is 4.26. The lowest BCUT2D eigenvalue weighted by atomic mass is 9.71. The number of aliphatic carboxylic acids is 1. The highest BCUT2D eigenvalue weighted by molar-refractivity contribution is 9.10. The van der Waals surface area contributed by atoms with Crippen LogP contribution in [0.1, 0.15) is 18.4 Å². The molecular formula is C12H12BrFO2. The van der Waals surface area contributed by atoms with Crippen LogP contribution < -0.4 is 0 Å². The molecule has 2 atom stereocenters. The molecule has 0 aliphatic heterocycles. The van der Waals surface area contributed by atoms with Crippen LogP contribution in [-0.4, -0.2) is 11.1 Å². The van der Waals surface area contributed by atoms with Crippen LogP contribution in [0.25, 0.3) is 0 Å². The minimum absolute atomic E-state index is 0.159. The highest BCUT2D eigenvalue weighted by atomic mass is 79.9. The molecule has 1 aliphatic carbocycles. The summed E-state index contributed by atoms with van der Waals surface area (Å²) < 4.78 is 13.8. The Morgan fingerprint density at radius 1 is 1.44 bits per heavy atom. The van der Waals surface area contributed by atoms with Gasteiger partial charge in [0.15, 0.2) is 0 Å². The monoisotopic (exact) mass is 286 g/mol. The van der Waals surface area contributed by atoms with Gasteiger partial charge in [-0.25, -0.2) is 4.39 Å². The van der Waals surface area contributed by atoms with Crippen molar-refractivity contribution in [2.45, 2.75) is 19.3 Å². The molecule has 1 aromatic rings. The first kappa shape index (κ1) is 11.6. The lowest BCUT2D eigenvalue weighted by Crippen LogP contribution is -2.34. The lowest BCUT2D eigenvalue weighted by Gasteiger charge is -2.33. The van der Waals surface area contributed by atoms with Crippen LogP contribution in [0.2, 0.25) is 0 Å². The maximum Gasteiger partial charge on any atom is 0.306 e. The van der Waals surface area contributed by atoms with Crippen molar-refractivity contribution in [2.75, 3.05) is 0 Å². The minimum atomic E-state index is -0.730. The topological polar surface area (TPSA) is 37.3 Å². The highest BCUT2D eigenvalue weighted by Crippen LogP contribution is 2.37. The molecule has 0 aromatic heterocycles. The summed E-state index contributed by atoms with van der Waals surface area (Å²) in [6, 6.07) is 4.72. The molecule has 2 rings (SSSR count). The van der Waals surface area contributed by atoms with Gasteiger partial charge in [0.1, 0.15) is 5.82 Å². The van der Waals surface area contributed by atoms with Crippen molar-refractivity contribution >= 4 is 21.9 Å². The average Bonchev–Trinajstić information content (AvgIpc) is 2.09. The number of hydrogen-bond donors (Lipinski definition) is 1. The standard InChI is InChI=1S/C12H12BrFO2/c13-9-4-7(5-10(14)6-9)3-8-1-2-11(8)12(15)16/h4-6,8,11H,1-3H2,(H,15,16). The van der Waals surface area contributed by atoms with Gasteiger partial charge in [-0.3, -0.25) is 4.79 Å². The molecule has 4 heteroatoms. The molecule has 2 nitrogen and oxygen atoms in total. The molecule has 0 bridgehead atoms. The molecule has 1 saturated carbocycles. The van der Waals surface area contributed by atoms with Crippen LogP contribution in [0, 0.1) is 17.7 Å². The summed E-state index contributed by atoms with van der Waals surface area (Å²) in [6.07, 6.45) is 2.31. The molecule has 0 spiro atoms. The van der Waals surface area contributed by atoms with E-state index in [2.05, 4.69) is 15.9 Å². The Balaban J connectivity index is 2.07. The number of rotatable bonds is 3. The van der Waals surface area contributed by atoms with E-state index in [1.165, 1.54) is 12.1 Å². The normalized spacial score (nSPS) is 23.9. The van der Waals surface area contributed by atoms with Gasteiger partial charge in [0.2, 0.25) is 0 Å². The van der Waals surface area contributed by atoms with Crippen LogP contribution in [0.4, 0.5) is 4.39 Å². The zero-order valence-corrected chi connectivity index (χ0v) is 10.2. The van der Waals surface area contributed by atoms with Crippen LogP contribution in [-0.2, 0) is 11.2 Å². The van der Waals surface area contributed by atoms with Crippen LogP contribution in [0.5, 0.6) is 0 Å². The van der Waals surface area contributed by atoms with Gasteiger partial charge in [-0.1, -0.05) is 15.9 Å². The lowest BCUT2D eigenvalue weighted by molar-refractivity contribution is -0.147. The van der Waals surface area contributed by atoms with Gasteiger partial charge in [0.25, 0.3) is 0 Å². The van der Waals surface area contributed by atoms with Gasteiger partial charge in [0, 0.05) is 4.47 Å². The zero-order valence-electron chi connectivity index (χ0n) is 8.62. The van der Waals surface area contributed by atoms with E-state index in [-0.39, 0.29) is 17.7 Å². The number of carboxylic acid groups (broad SMARTS) is 1. The fourth-order valence-electron chi connectivity index (χ4n) is 2.17. The second-order valence-corrected chi connectivity index (χ2v) is 5.18. The van der Waals surface area contributed by atoms with E-state index in [0.29, 0.717) is 10.9 Å². The summed E-state index contributed by atoms with van der Waals surface area (Å²) in [5, 5.41) is 8.91. The predicted octanol–water partition coefficient (Wildman–Crippen LogP) is 3.24. The third-order valence-corrected chi connectivity index (χ3v) is 3.61. The largest absolute Gasteiger partial charge is 0.481 e. The van der Waals surface area contributed by atoms with Gasteiger partial charge in [0.05, 0.1) is 5.92 Å². The van der Waals surface area contributed by atoms with Crippen molar-refractivity contribution in [3.8, 4) is 0 Å². The Hall–Kier alpha value is -0.900. The number of carboxylic acids is 1. The number of carbonyl (C=O) groups is 1. The van der Waals surface area contributed by atoms with E-state index in [0.717, 1.165) is 18.4 Å². The van der Waals surface area contributed by atoms with Gasteiger partial charge >= 0.3 is 5.97 Å². The van der Waals surface area contributed by atoms with E-state index >= 15 is 0 Å². The molecule has 1 N–H and O–H groups in total. The molecule has 0 saturated heterocycles. The first-order chi connectivity index (χ1) is 7.56. The van der Waals surface area contributed by atoms with Crippen LogP contribution in [0.15, 0.2) is 22.7 Å². The van der Waals surface area contributed by atoms with Crippen molar-refractivity contribution in [3.05, 3.63) is 34.1 Å². The highest BCUT2D eigenvalue weighted by Gasteiger charge is 2.36. The van der Waals surface area contributed by atoms with Gasteiger partial charge in [-0.15, -0.1) is 0 Å². The van der Waals surface area contributed by atoms with Crippen molar-refractivity contribution in [3.63, 3.8) is 0 Å². The maximum atomic E-state index is 13.1. The first-order valence-electron chi connectivity index (χ1n) is 5.24. The predicted molar refractivity (Wildman–Crippen MR) is 61.7 cm³/mol. The first-order valence-corrected chi connectivity index (χ1v) is 6.03. The molecule has 0 amide bonds. The molecule has 16 heavy (non-hydrogen) atoms. The molecule has 1 aromatic carbocycles. The smallest absolute Gasteiger partial charge is 0.306 e. The van der Waals surface area contributed by atoms with E-state index < -0.39 is 5.97 Å². The average molecular weight is 287 g/mol. The summed E-state index contributed by atoms with van der Waals surface area (Å²) in [7, 11) is 0. The van der Waals surface area contributed by atoms with Gasteiger partial charge in [-0.2, -0.15) is 0 Å². The van der Waals surface area contributed by atoms with Crippen molar-refractivity contribution in [1.29, 1.82) is 0 Å². The Morgan fingerprint density at radius 2 is 2.19 bits per heavy atom. The quantitative estimate of drug-likeness (QED) is 0.926.